The molecule has 1 aliphatic rings. The Balaban J connectivity index is 1.87. The molecule has 1 aromatic carbocycles. The van der Waals surface area contributed by atoms with Crippen LogP contribution in [-0.2, 0) is 6.54 Å². The summed E-state index contributed by atoms with van der Waals surface area (Å²) in [5, 5.41) is 18.9. The van der Waals surface area contributed by atoms with Gasteiger partial charge in [-0.15, -0.1) is 0 Å². The van der Waals surface area contributed by atoms with E-state index in [-0.39, 0.29) is 15.7 Å². The number of non-ortho nitro benzene ring substituents is 1. The van der Waals surface area contributed by atoms with Crippen molar-refractivity contribution in [2.45, 2.75) is 25.4 Å². The molecule has 0 saturated heterocycles. The summed E-state index contributed by atoms with van der Waals surface area (Å²) >= 11 is 12.2. The van der Waals surface area contributed by atoms with Crippen LogP contribution in [0, 0.1) is 10.1 Å². The number of hydrogen-bond acceptors (Lipinski definition) is 4. The fourth-order valence-corrected chi connectivity index (χ4v) is 2.64. The third kappa shape index (κ3) is 3.18. The number of nitrogens with zero attached hydrogens (tertiary/aromatic N) is 3. The van der Waals surface area contributed by atoms with Crippen LogP contribution in [0.1, 0.15) is 18.5 Å². The molecule has 1 aromatic heterocycles. The summed E-state index contributed by atoms with van der Waals surface area (Å²) in [7, 11) is 0. The van der Waals surface area contributed by atoms with Crippen LogP contribution in [0.2, 0.25) is 10.0 Å². The van der Waals surface area contributed by atoms with Crippen LogP contribution in [0.3, 0.4) is 0 Å². The van der Waals surface area contributed by atoms with Crippen LogP contribution in [0.4, 0.5) is 5.69 Å². The lowest BCUT2D eigenvalue weighted by Crippen LogP contribution is -2.15. The minimum absolute atomic E-state index is 0.142. The van der Waals surface area contributed by atoms with Crippen molar-refractivity contribution in [2.75, 3.05) is 0 Å². The van der Waals surface area contributed by atoms with Crippen LogP contribution in [0.15, 0.2) is 24.4 Å². The Morgan fingerprint density at radius 2 is 2.05 bits per heavy atom. The first-order valence-corrected chi connectivity index (χ1v) is 7.22. The highest BCUT2D eigenvalue weighted by atomic mass is 35.5. The van der Waals surface area contributed by atoms with Gasteiger partial charge in [-0.3, -0.25) is 10.1 Å². The molecular formula is C13H12Cl2N4O2. The molecule has 110 valence electrons. The van der Waals surface area contributed by atoms with Gasteiger partial charge in [-0.05, 0) is 18.9 Å². The summed E-state index contributed by atoms with van der Waals surface area (Å²) < 4.78 is 1.54. The van der Waals surface area contributed by atoms with Crippen molar-refractivity contribution in [1.82, 2.24) is 15.1 Å². The highest BCUT2D eigenvalue weighted by Crippen LogP contribution is 2.32. The summed E-state index contributed by atoms with van der Waals surface area (Å²) in [5.41, 5.74) is 1.17. The molecule has 1 aliphatic carbocycles. The number of nitrogens with one attached hydrogen (secondary N) is 1. The smallest absolute Gasteiger partial charge is 0.272 e. The minimum atomic E-state index is -0.532. The first kappa shape index (κ1) is 14.3. The first-order valence-electron chi connectivity index (χ1n) is 6.46. The van der Waals surface area contributed by atoms with Gasteiger partial charge in [-0.25, -0.2) is 4.68 Å². The number of benzene rings is 1. The Kier molecular flexibility index (Phi) is 3.84. The number of halogens is 2. The van der Waals surface area contributed by atoms with Gasteiger partial charge >= 0.3 is 0 Å². The molecule has 0 amide bonds. The SMILES string of the molecule is O=[N+]([O-])c1cc(Cl)c(-n2ccc(CNC3CC3)n2)c(Cl)c1. The Morgan fingerprint density at radius 1 is 1.38 bits per heavy atom. The monoisotopic (exact) mass is 326 g/mol. The van der Waals surface area contributed by atoms with Crippen molar-refractivity contribution in [3.8, 4) is 5.69 Å². The van der Waals surface area contributed by atoms with Crippen LogP contribution >= 0.6 is 23.2 Å². The Hall–Kier alpha value is -1.63. The molecule has 8 heteroatoms. The second kappa shape index (κ2) is 5.63. The van der Waals surface area contributed by atoms with Crippen LogP contribution in [0.5, 0.6) is 0 Å². The summed E-state index contributed by atoms with van der Waals surface area (Å²) in [5.74, 6) is 0. The second-order valence-electron chi connectivity index (χ2n) is 4.92. The number of nitro groups is 1. The van der Waals surface area contributed by atoms with E-state index in [0.29, 0.717) is 18.3 Å². The highest BCUT2D eigenvalue weighted by Gasteiger charge is 2.21. The zero-order chi connectivity index (χ0) is 15.0. The third-order valence-corrected chi connectivity index (χ3v) is 3.81. The molecular weight excluding hydrogens is 315 g/mol. The number of nitro benzene ring substituents is 1. The van der Waals surface area contributed by atoms with E-state index in [1.54, 1.807) is 6.20 Å². The van der Waals surface area contributed by atoms with E-state index in [1.807, 2.05) is 6.07 Å². The van der Waals surface area contributed by atoms with Crippen molar-refractivity contribution in [3.63, 3.8) is 0 Å². The highest BCUT2D eigenvalue weighted by molar-refractivity contribution is 6.38. The van der Waals surface area contributed by atoms with Gasteiger partial charge in [0.2, 0.25) is 0 Å². The molecule has 0 unspecified atom stereocenters. The Labute approximate surface area is 130 Å². The molecule has 0 atom stereocenters. The van der Waals surface area contributed by atoms with E-state index in [4.69, 9.17) is 23.2 Å². The zero-order valence-corrected chi connectivity index (χ0v) is 12.4. The maximum atomic E-state index is 10.8. The quantitative estimate of drug-likeness (QED) is 0.675. The van der Waals surface area contributed by atoms with Crippen molar-refractivity contribution in [2.24, 2.45) is 0 Å². The van der Waals surface area contributed by atoms with Gasteiger partial charge in [0.15, 0.2) is 0 Å². The van der Waals surface area contributed by atoms with Crippen molar-refractivity contribution in [3.05, 3.63) is 50.2 Å². The van der Waals surface area contributed by atoms with Gasteiger partial charge in [0.25, 0.3) is 5.69 Å². The van der Waals surface area contributed by atoms with E-state index in [0.717, 1.165) is 5.69 Å². The molecule has 0 aliphatic heterocycles. The summed E-state index contributed by atoms with van der Waals surface area (Å²) in [6.07, 6.45) is 4.16. The predicted octanol–water partition coefficient (Wildman–Crippen LogP) is 3.34. The molecule has 1 fully saturated rings. The molecule has 2 aromatic rings. The minimum Gasteiger partial charge on any atom is -0.308 e. The molecule has 6 nitrogen and oxygen atoms in total. The molecule has 0 bridgehead atoms. The van der Waals surface area contributed by atoms with E-state index < -0.39 is 4.92 Å². The summed E-state index contributed by atoms with van der Waals surface area (Å²) in [4.78, 5) is 10.2. The lowest BCUT2D eigenvalue weighted by atomic mass is 10.3. The van der Waals surface area contributed by atoms with E-state index in [9.17, 15) is 10.1 Å². The molecule has 3 rings (SSSR count). The molecule has 1 N–H and O–H groups in total. The number of rotatable bonds is 5. The first-order chi connectivity index (χ1) is 10.0. The standard InChI is InChI=1S/C13H12Cl2N4O2/c14-11-5-10(19(20)21)6-12(15)13(11)18-4-3-9(17-18)7-16-8-1-2-8/h3-6,8,16H,1-2,7H2. The van der Waals surface area contributed by atoms with Gasteiger partial charge in [-0.2, -0.15) is 5.10 Å². The van der Waals surface area contributed by atoms with Crippen molar-refractivity contribution >= 4 is 28.9 Å². The zero-order valence-electron chi connectivity index (χ0n) is 10.9. The number of aromatic nitrogens is 2. The average Bonchev–Trinajstić information content (AvgIpc) is 3.14. The Bertz CT molecular complexity index is 674. The van der Waals surface area contributed by atoms with Crippen LogP contribution in [0.25, 0.3) is 5.69 Å². The molecule has 0 spiro atoms. The largest absolute Gasteiger partial charge is 0.308 e. The van der Waals surface area contributed by atoms with Gasteiger partial charge < -0.3 is 5.32 Å². The normalized spacial score (nSPS) is 14.4. The van der Waals surface area contributed by atoms with Crippen LogP contribution < -0.4 is 5.32 Å². The third-order valence-electron chi connectivity index (χ3n) is 3.24. The second-order valence-corrected chi connectivity index (χ2v) is 5.74. The van der Waals surface area contributed by atoms with E-state index >= 15 is 0 Å². The maximum Gasteiger partial charge on any atom is 0.272 e. The molecule has 1 saturated carbocycles. The molecule has 0 radical (unpaired) electrons. The van der Waals surface area contributed by atoms with Gasteiger partial charge in [0.1, 0.15) is 5.69 Å². The van der Waals surface area contributed by atoms with Crippen molar-refractivity contribution in [1.29, 1.82) is 0 Å². The lowest BCUT2D eigenvalue weighted by Gasteiger charge is -2.07. The molecule has 21 heavy (non-hydrogen) atoms. The fraction of sp³-hybridized carbons (Fsp3) is 0.308. The van der Waals surface area contributed by atoms with E-state index in [2.05, 4.69) is 10.4 Å². The maximum absolute atomic E-state index is 10.8. The fourth-order valence-electron chi connectivity index (χ4n) is 1.99. The lowest BCUT2D eigenvalue weighted by molar-refractivity contribution is -0.384. The summed E-state index contributed by atoms with van der Waals surface area (Å²) in [6, 6.07) is 5.00. The average molecular weight is 327 g/mol. The van der Waals surface area contributed by atoms with Crippen LogP contribution in [-0.4, -0.2) is 20.7 Å². The van der Waals surface area contributed by atoms with Crippen molar-refractivity contribution < 1.29 is 4.92 Å². The van der Waals surface area contributed by atoms with Gasteiger partial charge in [0, 0.05) is 30.9 Å². The van der Waals surface area contributed by atoms with Gasteiger partial charge in [0.05, 0.1) is 20.7 Å². The number of hydrogen-bond donors (Lipinski definition) is 1. The topological polar surface area (TPSA) is 73.0 Å². The van der Waals surface area contributed by atoms with E-state index in [1.165, 1.54) is 29.7 Å². The summed E-state index contributed by atoms with van der Waals surface area (Å²) in [6.45, 7) is 0.680. The molecule has 1 heterocycles. The predicted molar refractivity (Wildman–Crippen MR) is 80.1 cm³/mol. The Morgan fingerprint density at radius 3 is 2.62 bits per heavy atom. The van der Waals surface area contributed by atoms with Gasteiger partial charge in [-0.1, -0.05) is 23.2 Å².